The van der Waals surface area contributed by atoms with Gasteiger partial charge in [-0.25, -0.2) is 0 Å². The number of aryl methyl sites for hydroxylation is 1. The van der Waals surface area contributed by atoms with E-state index in [1.54, 1.807) is 11.3 Å². The van der Waals surface area contributed by atoms with Crippen LogP contribution in [-0.2, 0) is 0 Å². The van der Waals surface area contributed by atoms with Crippen LogP contribution in [0.5, 0.6) is 0 Å². The molecule has 0 aromatic carbocycles. The molecule has 0 saturated heterocycles. The van der Waals surface area contributed by atoms with E-state index in [1.165, 1.54) is 19.3 Å². The Morgan fingerprint density at radius 2 is 2.18 bits per heavy atom. The highest BCUT2D eigenvalue weighted by Crippen LogP contribution is 2.43. The fourth-order valence-corrected chi connectivity index (χ4v) is 5.36. The second-order valence-electron chi connectivity index (χ2n) is 5.39. The summed E-state index contributed by atoms with van der Waals surface area (Å²) in [5.74, 6) is 0. The number of nitrogens with zero attached hydrogens (tertiary/aromatic N) is 2. The Bertz CT molecular complexity index is 376. The summed E-state index contributed by atoms with van der Waals surface area (Å²) in [7, 11) is 2.08. The zero-order valence-corrected chi connectivity index (χ0v) is 12.6. The molecule has 17 heavy (non-hydrogen) atoms. The van der Waals surface area contributed by atoms with Gasteiger partial charge in [-0.1, -0.05) is 43.4 Å². The lowest BCUT2D eigenvalue weighted by Gasteiger charge is -2.43. The third kappa shape index (κ3) is 3.01. The number of hydrogen-bond acceptors (Lipinski definition) is 5. The van der Waals surface area contributed by atoms with Crippen molar-refractivity contribution in [2.45, 2.75) is 55.7 Å². The molecule has 2 unspecified atom stereocenters. The average molecular weight is 271 g/mol. The van der Waals surface area contributed by atoms with Crippen LogP contribution < -0.4 is 5.32 Å². The first-order valence-electron chi connectivity index (χ1n) is 6.17. The van der Waals surface area contributed by atoms with E-state index in [1.807, 2.05) is 18.7 Å². The highest BCUT2D eigenvalue weighted by Gasteiger charge is 2.38. The molecule has 0 radical (unpaired) electrons. The Labute approximate surface area is 112 Å². The van der Waals surface area contributed by atoms with Crippen LogP contribution in [0.3, 0.4) is 0 Å². The van der Waals surface area contributed by atoms with Crippen LogP contribution in [0.1, 0.15) is 38.1 Å². The topological polar surface area (TPSA) is 37.8 Å². The summed E-state index contributed by atoms with van der Waals surface area (Å²) >= 11 is 3.61. The number of hydrogen-bond donors (Lipinski definition) is 1. The van der Waals surface area contributed by atoms with Crippen LogP contribution in [0.25, 0.3) is 0 Å². The summed E-state index contributed by atoms with van der Waals surface area (Å²) in [6.07, 6.45) is 3.91. The summed E-state index contributed by atoms with van der Waals surface area (Å²) in [6, 6.07) is 0.561. The lowest BCUT2D eigenvalue weighted by atomic mass is 9.73. The van der Waals surface area contributed by atoms with E-state index in [0.29, 0.717) is 16.7 Å². The normalized spacial score (nSPS) is 28.2. The minimum Gasteiger partial charge on any atom is -0.315 e. The zero-order chi connectivity index (χ0) is 12.5. The largest absolute Gasteiger partial charge is 0.315 e. The monoisotopic (exact) mass is 271 g/mol. The van der Waals surface area contributed by atoms with E-state index in [-0.39, 0.29) is 0 Å². The smallest absolute Gasteiger partial charge is 0.174 e. The second-order valence-corrected chi connectivity index (χ2v) is 8.06. The van der Waals surface area contributed by atoms with Crippen LogP contribution in [0.2, 0.25) is 0 Å². The van der Waals surface area contributed by atoms with E-state index in [4.69, 9.17) is 0 Å². The summed E-state index contributed by atoms with van der Waals surface area (Å²) in [5.41, 5.74) is 0.379. The van der Waals surface area contributed by atoms with Gasteiger partial charge in [0.2, 0.25) is 0 Å². The average Bonchev–Trinajstić information content (AvgIpc) is 2.63. The Hall–Kier alpha value is -0.130. The van der Waals surface area contributed by atoms with E-state index in [9.17, 15) is 0 Å². The molecule has 1 aliphatic carbocycles. The maximum Gasteiger partial charge on any atom is 0.174 e. The third-order valence-corrected chi connectivity index (χ3v) is 5.86. The molecule has 5 heteroatoms. The van der Waals surface area contributed by atoms with Crippen LogP contribution in [0.15, 0.2) is 4.34 Å². The quantitative estimate of drug-likeness (QED) is 0.916. The van der Waals surface area contributed by atoms with Crippen molar-refractivity contribution in [1.29, 1.82) is 0 Å². The highest BCUT2D eigenvalue weighted by atomic mass is 32.2. The van der Waals surface area contributed by atoms with E-state index in [0.717, 1.165) is 9.35 Å². The molecule has 0 bridgehead atoms. The predicted octanol–water partition coefficient (Wildman–Crippen LogP) is 3.11. The summed E-state index contributed by atoms with van der Waals surface area (Å²) in [5, 5.41) is 13.5. The fourth-order valence-electron chi connectivity index (χ4n) is 2.74. The van der Waals surface area contributed by atoms with Gasteiger partial charge in [0, 0.05) is 11.3 Å². The van der Waals surface area contributed by atoms with Gasteiger partial charge in [-0.05, 0) is 32.2 Å². The van der Waals surface area contributed by atoms with Crippen molar-refractivity contribution in [2.75, 3.05) is 7.05 Å². The van der Waals surface area contributed by atoms with Crippen LogP contribution in [0.4, 0.5) is 0 Å². The molecule has 2 atom stereocenters. The van der Waals surface area contributed by atoms with E-state index < -0.39 is 0 Å². The second kappa shape index (κ2) is 5.24. The Kier molecular flexibility index (Phi) is 4.10. The minimum atomic E-state index is 0.379. The van der Waals surface area contributed by atoms with Crippen molar-refractivity contribution in [3.63, 3.8) is 0 Å². The van der Waals surface area contributed by atoms with Crippen LogP contribution in [-0.4, -0.2) is 28.5 Å². The van der Waals surface area contributed by atoms with Gasteiger partial charge in [0.05, 0.1) is 0 Å². The molecule has 1 aromatic heterocycles. The third-order valence-electron chi connectivity index (χ3n) is 3.59. The summed E-state index contributed by atoms with van der Waals surface area (Å²) < 4.78 is 1.12. The number of thioether (sulfide) groups is 1. The number of rotatable bonds is 3. The zero-order valence-electron chi connectivity index (χ0n) is 11.0. The van der Waals surface area contributed by atoms with Crippen molar-refractivity contribution in [2.24, 2.45) is 5.41 Å². The molecule has 1 saturated carbocycles. The van der Waals surface area contributed by atoms with Gasteiger partial charge in [-0.2, -0.15) is 0 Å². The lowest BCUT2D eigenvalue weighted by molar-refractivity contribution is 0.182. The molecule has 96 valence electrons. The Morgan fingerprint density at radius 3 is 2.76 bits per heavy atom. The Morgan fingerprint density at radius 1 is 1.41 bits per heavy atom. The van der Waals surface area contributed by atoms with Crippen molar-refractivity contribution >= 4 is 23.1 Å². The first-order chi connectivity index (χ1) is 8.03. The van der Waals surface area contributed by atoms with Crippen LogP contribution in [0, 0.1) is 12.3 Å². The molecule has 1 fully saturated rings. The van der Waals surface area contributed by atoms with Gasteiger partial charge < -0.3 is 5.32 Å². The molecular formula is C12H21N3S2. The molecule has 0 amide bonds. The fraction of sp³-hybridized carbons (Fsp3) is 0.833. The molecule has 0 spiro atoms. The van der Waals surface area contributed by atoms with Crippen molar-refractivity contribution in [3.05, 3.63) is 5.01 Å². The minimum absolute atomic E-state index is 0.379. The Balaban J connectivity index is 2.08. The van der Waals surface area contributed by atoms with E-state index >= 15 is 0 Å². The molecule has 1 heterocycles. The highest BCUT2D eigenvalue weighted by molar-refractivity contribution is 8.01. The van der Waals surface area contributed by atoms with Crippen molar-refractivity contribution in [1.82, 2.24) is 15.5 Å². The molecule has 1 N–H and O–H groups in total. The van der Waals surface area contributed by atoms with Gasteiger partial charge in [0.15, 0.2) is 4.34 Å². The van der Waals surface area contributed by atoms with Gasteiger partial charge in [0.25, 0.3) is 0 Å². The summed E-state index contributed by atoms with van der Waals surface area (Å²) in [6.45, 7) is 6.75. The maximum atomic E-state index is 4.23. The summed E-state index contributed by atoms with van der Waals surface area (Å²) in [4.78, 5) is 0. The molecule has 1 aliphatic rings. The molecule has 0 aliphatic heterocycles. The van der Waals surface area contributed by atoms with Gasteiger partial charge in [0.1, 0.15) is 5.01 Å². The van der Waals surface area contributed by atoms with Gasteiger partial charge >= 0.3 is 0 Å². The van der Waals surface area contributed by atoms with Crippen LogP contribution >= 0.6 is 23.1 Å². The SMILES string of the molecule is CNC1C(Sc2nnc(C)s2)CCCC1(C)C. The van der Waals surface area contributed by atoms with Gasteiger partial charge in [-0.15, -0.1) is 10.2 Å². The first kappa shape index (κ1) is 13.3. The molecular weight excluding hydrogens is 250 g/mol. The van der Waals surface area contributed by atoms with Gasteiger partial charge in [-0.3, -0.25) is 0 Å². The molecule has 1 aromatic rings. The molecule has 3 nitrogen and oxygen atoms in total. The number of nitrogens with one attached hydrogen (secondary N) is 1. The predicted molar refractivity (Wildman–Crippen MR) is 74.8 cm³/mol. The van der Waals surface area contributed by atoms with Crippen molar-refractivity contribution < 1.29 is 0 Å². The number of aromatic nitrogens is 2. The lowest BCUT2D eigenvalue weighted by Crippen LogP contribution is -2.49. The van der Waals surface area contributed by atoms with Crippen molar-refractivity contribution in [3.8, 4) is 0 Å². The standard InChI is InChI=1S/C12H21N3S2/c1-8-14-15-11(16-8)17-9-6-5-7-12(2,3)10(9)13-4/h9-10,13H,5-7H2,1-4H3. The maximum absolute atomic E-state index is 4.23. The first-order valence-corrected chi connectivity index (χ1v) is 7.86. The van der Waals surface area contributed by atoms with E-state index in [2.05, 4.69) is 36.4 Å². The molecule has 2 rings (SSSR count).